The summed E-state index contributed by atoms with van der Waals surface area (Å²) in [6, 6.07) is 21.3. The van der Waals surface area contributed by atoms with Gasteiger partial charge >= 0.3 is 0 Å². The number of rotatable bonds is 7. The molecular formula is C29H26ClNO5S. The first-order valence-corrected chi connectivity index (χ1v) is 13.9. The molecule has 0 radical (unpaired) electrons. The van der Waals surface area contributed by atoms with Gasteiger partial charge in [0.1, 0.15) is 11.3 Å². The number of ether oxygens (including phenoxy) is 1. The lowest BCUT2D eigenvalue weighted by atomic mass is 10.0. The number of hydrogen-bond donors (Lipinski definition) is 1. The van der Waals surface area contributed by atoms with Crippen molar-refractivity contribution in [3.63, 3.8) is 0 Å². The molecule has 0 saturated carbocycles. The van der Waals surface area contributed by atoms with Gasteiger partial charge in [-0.1, -0.05) is 54.9 Å². The number of furan rings is 1. The molecule has 0 atom stereocenters. The second-order valence-electron chi connectivity index (χ2n) is 8.89. The lowest BCUT2D eigenvalue weighted by Crippen LogP contribution is -2.13. The fraction of sp³-hybridized carbons (Fsp3) is 0.172. The van der Waals surface area contributed by atoms with Crippen LogP contribution in [0, 0.1) is 0 Å². The van der Waals surface area contributed by atoms with Crippen molar-refractivity contribution in [3.8, 4) is 16.9 Å². The molecule has 0 aliphatic carbocycles. The van der Waals surface area contributed by atoms with Crippen molar-refractivity contribution in [1.82, 2.24) is 0 Å². The van der Waals surface area contributed by atoms with Crippen LogP contribution in [0.1, 0.15) is 24.7 Å². The van der Waals surface area contributed by atoms with E-state index in [2.05, 4.69) is 0 Å². The Balaban J connectivity index is 1.57. The van der Waals surface area contributed by atoms with Crippen LogP contribution in [0.15, 0.2) is 88.7 Å². The van der Waals surface area contributed by atoms with Gasteiger partial charge in [-0.3, -0.25) is 4.55 Å². The van der Waals surface area contributed by atoms with Crippen LogP contribution in [0.2, 0.25) is 5.02 Å². The molecule has 0 saturated heterocycles. The van der Waals surface area contributed by atoms with Gasteiger partial charge in [-0.2, -0.15) is 8.42 Å². The average molecular weight is 536 g/mol. The molecule has 1 aliphatic rings. The Bertz CT molecular complexity index is 1640. The molecule has 8 heteroatoms. The molecule has 0 bridgehead atoms. The fourth-order valence-corrected chi connectivity index (χ4v) is 5.05. The minimum absolute atomic E-state index is 0.115. The molecule has 1 aliphatic heterocycles. The molecule has 3 aromatic carbocycles. The Kier molecular flexibility index (Phi) is 6.86. The van der Waals surface area contributed by atoms with Gasteiger partial charge in [-0.15, -0.1) is 0 Å². The van der Waals surface area contributed by atoms with Gasteiger partial charge in [-0.25, -0.2) is 0 Å². The highest BCUT2D eigenvalue weighted by molar-refractivity contribution is 7.85. The molecule has 5 rings (SSSR count). The van der Waals surface area contributed by atoms with Crippen molar-refractivity contribution < 1.29 is 22.1 Å². The zero-order valence-corrected chi connectivity index (χ0v) is 22.0. The quantitative estimate of drug-likeness (QED) is 0.249. The number of fused-ring (bicyclic) bond motifs is 2. The molecule has 0 fully saturated rings. The highest BCUT2D eigenvalue weighted by Crippen LogP contribution is 2.40. The highest BCUT2D eigenvalue weighted by Gasteiger charge is 2.24. The lowest BCUT2D eigenvalue weighted by molar-refractivity contribution is 0.443. The number of halogens is 1. The van der Waals surface area contributed by atoms with Gasteiger partial charge in [-0.05, 0) is 65.9 Å². The number of anilines is 1. The van der Waals surface area contributed by atoms with E-state index in [4.69, 9.17) is 20.8 Å². The molecule has 0 amide bonds. The third-order valence-corrected chi connectivity index (χ3v) is 7.36. The van der Waals surface area contributed by atoms with Gasteiger partial charge < -0.3 is 14.1 Å². The molecule has 37 heavy (non-hydrogen) atoms. The highest BCUT2D eigenvalue weighted by atomic mass is 35.5. The van der Waals surface area contributed by atoms with Gasteiger partial charge in [0.15, 0.2) is 5.75 Å². The first-order chi connectivity index (χ1) is 17.7. The zero-order valence-electron chi connectivity index (χ0n) is 20.4. The Morgan fingerprint density at radius 2 is 1.84 bits per heavy atom. The van der Waals surface area contributed by atoms with E-state index in [9.17, 15) is 13.0 Å². The first kappa shape index (κ1) is 25.1. The van der Waals surface area contributed by atoms with Crippen LogP contribution in [0.25, 0.3) is 28.2 Å². The van der Waals surface area contributed by atoms with E-state index in [0.29, 0.717) is 28.7 Å². The van der Waals surface area contributed by atoms with Crippen molar-refractivity contribution in [1.29, 1.82) is 0 Å². The van der Waals surface area contributed by atoms with Crippen molar-refractivity contribution in [3.05, 3.63) is 101 Å². The van der Waals surface area contributed by atoms with Crippen molar-refractivity contribution in [2.45, 2.75) is 19.8 Å². The molecular weight excluding hydrogens is 510 g/mol. The Morgan fingerprint density at radius 3 is 2.57 bits per heavy atom. The van der Waals surface area contributed by atoms with E-state index < -0.39 is 15.9 Å². The predicted octanol–water partition coefficient (Wildman–Crippen LogP) is 7.35. The summed E-state index contributed by atoms with van der Waals surface area (Å²) in [5.74, 6) is 1.52. The number of nitrogens with zero attached hydrogens (tertiary/aromatic N) is 1. The van der Waals surface area contributed by atoms with Crippen LogP contribution in [-0.4, -0.2) is 25.8 Å². The number of benzene rings is 3. The predicted molar refractivity (Wildman–Crippen MR) is 149 cm³/mol. The second-order valence-corrected chi connectivity index (χ2v) is 10.9. The maximum atomic E-state index is 11.6. The summed E-state index contributed by atoms with van der Waals surface area (Å²) in [6.45, 7) is 2.02. The average Bonchev–Trinajstić information content (AvgIpc) is 3.38. The Hall–Kier alpha value is -3.52. The van der Waals surface area contributed by atoms with Gasteiger partial charge in [0.05, 0.1) is 11.4 Å². The maximum Gasteiger partial charge on any atom is 0.265 e. The van der Waals surface area contributed by atoms with E-state index in [0.717, 1.165) is 39.1 Å². The number of hydrogen-bond acceptors (Lipinski definition) is 5. The van der Waals surface area contributed by atoms with Crippen molar-refractivity contribution in [2.24, 2.45) is 0 Å². The SMILES string of the molecule is CCC(/C=C1\Oc2ccc(Cl)cc2N1C)=C\c1oc2ccc(-c3ccccc3)cc2c1CCS(=O)(=O)O. The summed E-state index contributed by atoms with van der Waals surface area (Å²) >= 11 is 6.16. The maximum absolute atomic E-state index is 11.6. The van der Waals surface area contributed by atoms with Crippen LogP contribution in [-0.2, 0) is 16.5 Å². The minimum atomic E-state index is -4.15. The summed E-state index contributed by atoms with van der Waals surface area (Å²) in [4.78, 5) is 1.93. The van der Waals surface area contributed by atoms with Gasteiger partial charge in [0.25, 0.3) is 10.1 Å². The van der Waals surface area contributed by atoms with Crippen LogP contribution in [0.5, 0.6) is 5.75 Å². The molecule has 4 aromatic rings. The number of aryl methyl sites for hydroxylation is 1. The van der Waals surface area contributed by atoms with E-state index in [1.165, 1.54) is 0 Å². The lowest BCUT2D eigenvalue weighted by Gasteiger charge is -2.12. The van der Waals surface area contributed by atoms with Crippen LogP contribution in [0.4, 0.5) is 5.69 Å². The fourth-order valence-electron chi connectivity index (χ4n) is 4.42. The molecule has 0 unspecified atom stereocenters. The third-order valence-electron chi connectivity index (χ3n) is 6.40. The molecule has 1 N–H and O–H groups in total. The third kappa shape index (κ3) is 5.44. The minimum Gasteiger partial charge on any atom is -0.456 e. The number of allylic oxidation sites excluding steroid dienone is 2. The van der Waals surface area contributed by atoms with Gasteiger partial charge in [0.2, 0.25) is 5.88 Å². The zero-order chi connectivity index (χ0) is 26.2. The normalized spacial score (nSPS) is 14.9. The molecule has 6 nitrogen and oxygen atoms in total. The molecule has 2 heterocycles. The summed E-state index contributed by atoms with van der Waals surface area (Å²) < 4.78 is 44.9. The largest absolute Gasteiger partial charge is 0.456 e. The van der Waals surface area contributed by atoms with E-state index in [1.54, 1.807) is 6.07 Å². The van der Waals surface area contributed by atoms with E-state index in [-0.39, 0.29) is 6.42 Å². The topological polar surface area (TPSA) is 80.0 Å². The second kappa shape index (κ2) is 10.1. The van der Waals surface area contributed by atoms with Crippen LogP contribution >= 0.6 is 11.6 Å². The smallest absolute Gasteiger partial charge is 0.265 e. The molecule has 190 valence electrons. The standard InChI is InChI=1S/C29H26ClNO5S/c1-3-19(16-29-31(2)25-18-22(30)10-12-27(25)36-29)15-28-23(13-14-37(32,33)34)24-17-21(9-11-26(24)35-28)20-7-5-4-6-8-20/h4-12,15-18H,3,13-14H2,1-2H3,(H,32,33,34)/b19-15+,29-16-. The summed E-state index contributed by atoms with van der Waals surface area (Å²) in [5.41, 5.74) is 5.22. The van der Waals surface area contributed by atoms with Crippen molar-refractivity contribution in [2.75, 3.05) is 17.7 Å². The molecule has 0 spiro atoms. The van der Waals surface area contributed by atoms with Gasteiger partial charge in [0, 0.05) is 29.1 Å². The van der Waals surface area contributed by atoms with Crippen molar-refractivity contribution >= 4 is 44.5 Å². The molecule has 1 aromatic heterocycles. The Morgan fingerprint density at radius 1 is 1.05 bits per heavy atom. The van der Waals surface area contributed by atoms with E-state index >= 15 is 0 Å². The van der Waals surface area contributed by atoms with Crippen LogP contribution in [0.3, 0.4) is 0 Å². The summed E-state index contributed by atoms with van der Waals surface area (Å²) in [7, 11) is -2.25. The van der Waals surface area contributed by atoms with E-state index in [1.807, 2.05) is 91.7 Å². The monoisotopic (exact) mass is 535 g/mol. The first-order valence-electron chi connectivity index (χ1n) is 11.9. The Labute approximate surface area is 221 Å². The van der Waals surface area contributed by atoms with Crippen LogP contribution < -0.4 is 9.64 Å². The summed E-state index contributed by atoms with van der Waals surface area (Å²) in [5, 5.41) is 1.44. The summed E-state index contributed by atoms with van der Waals surface area (Å²) in [6.07, 6.45) is 4.64.